The molecule has 0 saturated heterocycles. The van der Waals surface area contributed by atoms with Crippen LogP contribution in [0.1, 0.15) is 37.2 Å². The van der Waals surface area contributed by atoms with Gasteiger partial charge in [0.1, 0.15) is 5.75 Å². The van der Waals surface area contributed by atoms with Gasteiger partial charge in [0, 0.05) is 6.04 Å². The average molecular weight is 418 g/mol. The van der Waals surface area contributed by atoms with Crippen LogP contribution >= 0.6 is 31.9 Å². The van der Waals surface area contributed by atoms with Gasteiger partial charge in [-0.3, -0.25) is 10.5 Å². The van der Waals surface area contributed by atoms with Crippen LogP contribution in [-0.4, -0.2) is 16.9 Å². The number of benzene rings is 1. The van der Waals surface area contributed by atoms with Crippen molar-refractivity contribution in [3.05, 3.63) is 44.6 Å². The molecule has 1 heterocycles. The second-order valence-corrected chi connectivity index (χ2v) is 6.62. The topological polar surface area (TPSA) is 65.1 Å². The molecule has 2 aromatic rings. The summed E-state index contributed by atoms with van der Waals surface area (Å²) in [6.45, 7) is 4.17. The van der Waals surface area contributed by atoms with Gasteiger partial charge in [-0.15, -0.1) is 0 Å². The van der Waals surface area contributed by atoms with Crippen molar-refractivity contribution in [3.63, 3.8) is 0 Å². The van der Waals surface area contributed by atoms with E-state index in [-0.39, 0.29) is 12.1 Å². The van der Waals surface area contributed by atoms with Gasteiger partial charge in [0.2, 0.25) is 0 Å². The number of hydrogen-bond donors (Lipinski definition) is 2. The predicted octanol–water partition coefficient (Wildman–Crippen LogP) is 3.55. The molecule has 7 heteroatoms. The third-order valence-electron chi connectivity index (χ3n) is 3.23. The molecule has 0 fully saturated rings. The number of hydrogen-bond acceptors (Lipinski definition) is 4. The second-order valence-electron chi connectivity index (χ2n) is 4.91. The summed E-state index contributed by atoms with van der Waals surface area (Å²) in [6, 6.07) is 5.95. The third kappa shape index (κ3) is 3.31. The van der Waals surface area contributed by atoms with E-state index < -0.39 is 0 Å². The molecule has 1 aromatic heterocycles. The van der Waals surface area contributed by atoms with Crippen LogP contribution in [0.4, 0.5) is 0 Å². The molecule has 1 aromatic carbocycles. The lowest BCUT2D eigenvalue weighted by Gasteiger charge is -2.21. The maximum Gasteiger partial charge on any atom is 0.133 e. The molecular formula is C14H18Br2N4O. The molecule has 0 radical (unpaired) electrons. The van der Waals surface area contributed by atoms with Crippen LogP contribution in [-0.2, 0) is 0 Å². The Bertz CT molecular complexity index is 627. The number of nitrogens with one attached hydrogen (secondary N) is 1. The van der Waals surface area contributed by atoms with Crippen molar-refractivity contribution in [1.29, 1.82) is 0 Å². The highest BCUT2D eigenvalue weighted by atomic mass is 79.9. The Morgan fingerprint density at radius 1 is 1.29 bits per heavy atom. The molecule has 2 rings (SSSR count). The fraction of sp³-hybridized carbons (Fsp3) is 0.357. The summed E-state index contributed by atoms with van der Waals surface area (Å²) in [4.78, 5) is 0. The highest BCUT2D eigenvalue weighted by molar-refractivity contribution is 9.10. The highest BCUT2D eigenvalue weighted by Gasteiger charge is 2.22. The Hall–Kier alpha value is -0.890. The van der Waals surface area contributed by atoms with Crippen molar-refractivity contribution in [2.75, 3.05) is 7.11 Å². The molecule has 0 spiro atoms. The number of ether oxygens (including phenoxy) is 1. The number of aromatic nitrogens is 2. The Labute approximate surface area is 141 Å². The van der Waals surface area contributed by atoms with Gasteiger partial charge < -0.3 is 4.74 Å². The molecule has 0 aliphatic rings. The zero-order chi connectivity index (χ0) is 15.6. The summed E-state index contributed by atoms with van der Waals surface area (Å²) in [5.74, 6) is 6.58. The Morgan fingerprint density at radius 3 is 2.52 bits per heavy atom. The first-order valence-electron chi connectivity index (χ1n) is 6.52. The number of hydrazine groups is 1. The minimum Gasteiger partial charge on any atom is -0.496 e. The molecule has 0 amide bonds. The molecule has 1 unspecified atom stereocenters. The Balaban J connectivity index is 2.49. The smallest absolute Gasteiger partial charge is 0.133 e. The molecule has 0 aliphatic heterocycles. The molecule has 0 saturated carbocycles. The number of rotatable bonds is 5. The fourth-order valence-electron chi connectivity index (χ4n) is 2.23. The zero-order valence-electron chi connectivity index (χ0n) is 12.1. The monoisotopic (exact) mass is 416 g/mol. The minimum atomic E-state index is -0.175. The van der Waals surface area contributed by atoms with E-state index >= 15 is 0 Å². The summed E-state index contributed by atoms with van der Waals surface area (Å²) >= 11 is 7.06. The molecule has 0 bridgehead atoms. The van der Waals surface area contributed by atoms with Gasteiger partial charge in [-0.05, 0) is 63.4 Å². The van der Waals surface area contributed by atoms with Crippen molar-refractivity contribution in [2.45, 2.75) is 25.9 Å². The number of halogens is 2. The molecule has 1 atom stereocenters. The molecule has 0 aliphatic carbocycles. The lowest BCUT2D eigenvalue weighted by molar-refractivity contribution is 0.411. The zero-order valence-corrected chi connectivity index (χ0v) is 15.3. The summed E-state index contributed by atoms with van der Waals surface area (Å²) in [7, 11) is 1.64. The van der Waals surface area contributed by atoms with Crippen LogP contribution in [0.5, 0.6) is 5.75 Å². The quantitative estimate of drug-likeness (QED) is 0.576. The Kier molecular flexibility index (Phi) is 5.43. The molecule has 5 nitrogen and oxygen atoms in total. The first-order valence-corrected chi connectivity index (χ1v) is 8.10. The predicted molar refractivity (Wildman–Crippen MR) is 90.2 cm³/mol. The maximum atomic E-state index is 5.80. The summed E-state index contributed by atoms with van der Waals surface area (Å²) in [6.07, 6.45) is 1.79. The number of nitrogens with zero attached hydrogens (tertiary/aromatic N) is 2. The van der Waals surface area contributed by atoms with E-state index in [0.29, 0.717) is 0 Å². The number of nitrogens with two attached hydrogens (primary N) is 1. The van der Waals surface area contributed by atoms with E-state index in [1.165, 1.54) is 0 Å². The van der Waals surface area contributed by atoms with Crippen LogP contribution in [0, 0.1) is 0 Å². The SMILES string of the molecule is COc1ccc(C(NN)c2c(Br)cnn2C(C)C)cc1Br. The van der Waals surface area contributed by atoms with Crippen LogP contribution in [0.2, 0.25) is 0 Å². The fourth-order valence-corrected chi connectivity index (χ4v) is 3.29. The van der Waals surface area contributed by atoms with Crippen LogP contribution in [0.3, 0.4) is 0 Å². The lowest BCUT2D eigenvalue weighted by Crippen LogP contribution is -2.31. The van der Waals surface area contributed by atoms with Crippen LogP contribution < -0.4 is 16.0 Å². The average Bonchev–Trinajstić information content (AvgIpc) is 2.82. The summed E-state index contributed by atoms with van der Waals surface area (Å²) in [5.41, 5.74) is 4.88. The van der Waals surface area contributed by atoms with Gasteiger partial charge in [-0.25, -0.2) is 5.43 Å². The van der Waals surface area contributed by atoms with Crippen molar-refractivity contribution in [2.24, 2.45) is 5.84 Å². The number of methoxy groups -OCH3 is 1. The van der Waals surface area contributed by atoms with E-state index in [9.17, 15) is 0 Å². The van der Waals surface area contributed by atoms with Crippen molar-refractivity contribution in [3.8, 4) is 5.75 Å². The van der Waals surface area contributed by atoms with Gasteiger partial charge in [0.25, 0.3) is 0 Å². The van der Waals surface area contributed by atoms with Crippen molar-refractivity contribution in [1.82, 2.24) is 15.2 Å². The van der Waals surface area contributed by atoms with E-state index in [2.05, 4.69) is 56.2 Å². The second kappa shape index (κ2) is 6.91. The minimum absolute atomic E-state index is 0.175. The van der Waals surface area contributed by atoms with Gasteiger partial charge >= 0.3 is 0 Å². The van der Waals surface area contributed by atoms with Gasteiger partial charge in [0.05, 0.1) is 34.0 Å². The molecule has 114 valence electrons. The lowest BCUT2D eigenvalue weighted by atomic mass is 10.0. The van der Waals surface area contributed by atoms with Gasteiger partial charge in [-0.1, -0.05) is 6.07 Å². The van der Waals surface area contributed by atoms with Crippen molar-refractivity contribution < 1.29 is 4.74 Å². The first kappa shape index (κ1) is 16.5. The Morgan fingerprint density at radius 2 is 2.00 bits per heavy atom. The van der Waals surface area contributed by atoms with Gasteiger partial charge in [0.15, 0.2) is 0 Å². The van der Waals surface area contributed by atoms with E-state index in [4.69, 9.17) is 10.6 Å². The largest absolute Gasteiger partial charge is 0.496 e. The van der Waals surface area contributed by atoms with Gasteiger partial charge in [-0.2, -0.15) is 5.10 Å². The summed E-state index contributed by atoms with van der Waals surface area (Å²) in [5, 5.41) is 4.40. The third-order valence-corrected chi connectivity index (χ3v) is 4.46. The molecule has 3 N–H and O–H groups in total. The van der Waals surface area contributed by atoms with E-state index in [1.54, 1.807) is 13.3 Å². The van der Waals surface area contributed by atoms with E-state index in [1.807, 2.05) is 22.9 Å². The van der Waals surface area contributed by atoms with Crippen molar-refractivity contribution >= 4 is 31.9 Å². The molecule has 21 heavy (non-hydrogen) atoms. The summed E-state index contributed by atoms with van der Waals surface area (Å²) < 4.78 is 9.02. The standard InChI is InChI=1S/C14H18Br2N4O/c1-8(2)20-14(11(16)7-18-20)13(19-17)9-4-5-12(21-3)10(15)6-9/h4-8,13,19H,17H2,1-3H3. The molecular weight excluding hydrogens is 400 g/mol. The maximum absolute atomic E-state index is 5.80. The highest BCUT2D eigenvalue weighted by Crippen LogP contribution is 2.33. The normalized spacial score (nSPS) is 12.7. The van der Waals surface area contributed by atoms with E-state index in [0.717, 1.165) is 26.0 Å². The van der Waals surface area contributed by atoms with Crippen LogP contribution in [0.25, 0.3) is 0 Å². The van der Waals surface area contributed by atoms with Crippen LogP contribution in [0.15, 0.2) is 33.3 Å². The first-order chi connectivity index (χ1) is 9.99.